The van der Waals surface area contributed by atoms with Gasteiger partial charge in [0, 0.05) is 30.4 Å². The van der Waals surface area contributed by atoms with Gasteiger partial charge in [-0.3, -0.25) is 9.89 Å². The van der Waals surface area contributed by atoms with Gasteiger partial charge in [0.05, 0.1) is 5.69 Å². The normalized spacial score (nSPS) is 18.6. The summed E-state index contributed by atoms with van der Waals surface area (Å²) in [7, 11) is 0. The number of hydrogen-bond acceptors (Lipinski definition) is 6. The second-order valence-corrected chi connectivity index (χ2v) is 8.15. The number of H-pyrrole nitrogens is 1. The molecule has 0 unspecified atom stereocenters. The van der Waals surface area contributed by atoms with Crippen molar-refractivity contribution in [3.63, 3.8) is 0 Å². The van der Waals surface area contributed by atoms with Gasteiger partial charge >= 0.3 is 6.01 Å². The molecule has 1 spiro atoms. The summed E-state index contributed by atoms with van der Waals surface area (Å²) in [5.74, 6) is 0.489. The van der Waals surface area contributed by atoms with Crippen molar-refractivity contribution < 1.29 is 9.21 Å². The standard InChI is InChI=1S/C21H24N6O2/c1-14(19(28)27-11-8-21(6-7-21)9-12-27)23-20-26-25-18(29-20)16-4-2-3-15(13-16)17-5-10-22-24-17/h2-5,10,13-14H,6-9,11-12H2,1H3,(H,22,24)(H,23,26)/t14-/m0/s1. The molecule has 29 heavy (non-hydrogen) atoms. The van der Waals surface area contributed by atoms with E-state index in [1.165, 1.54) is 12.8 Å². The van der Waals surface area contributed by atoms with Crippen LogP contribution in [-0.4, -0.2) is 50.3 Å². The predicted octanol–water partition coefficient (Wildman–Crippen LogP) is 3.33. The number of benzene rings is 1. The van der Waals surface area contributed by atoms with E-state index in [1.54, 1.807) is 6.20 Å². The number of aromatic amines is 1. The second kappa shape index (κ2) is 7.02. The SMILES string of the molecule is C[C@H](Nc1nnc(-c2cccc(-c3ccn[nH]3)c2)o1)C(=O)N1CCC2(CC1)CC2. The Kier molecular flexibility index (Phi) is 4.34. The summed E-state index contributed by atoms with van der Waals surface area (Å²) in [5.41, 5.74) is 3.26. The summed E-state index contributed by atoms with van der Waals surface area (Å²) in [6.07, 6.45) is 6.62. The van der Waals surface area contributed by atoms with Crippen LogP contribution in [0.4, 0.5) is 6.01 Å². The molecule has 5 rings (SSSR count). The predicted molar refractivity (Wildman–Crippen MR) is 108 cm³/mol. The van der Waals surface area contributed by atoms with Gasteiger partial charge in [-0.2, -0.15) is 5.10 Å². The van der Waals surface area contributed by atoms with E-state index < -0.39 is 6.04 Å². The lowest BCUT2D eigenvalue weighted by Gasteiger charge is -2.33. The number of carbonyl (C=O) groups excluding carboxylic acids is 1. The lowest BCUT2D eigenvalue weighted by atomic mass is 9.93. The van der Waals surface area contributed by atoms with E-state index in [0.29, 0.717) is 11.3 Å². The number of anilines is 1. The van der Waals surface area contributed by atoms with E-state index in [0.717, 1.165) is 42.8 Å². The van der Waals surface area contributed by atoms with Crippen LogP contribution in [0, 0.1) is 5.41 Å². The highest BCUT2D eigenvalue weighted by molar-refractivity contribution is 5.83. The molecule has 2 aliphatic rings. The first-order chi connectivity index (χ1) is 14.1. The van der Waals surface area contributed by atoms with Gasteiger partial charge < -0.3 is 14.6 Å². The maximum Gasteiger partial charge on any atom is 0.316 e. The van der Waals surface area contributed by atoms with Crippen molar-refractivity contribution in [3.05, 3.63) is 36.5 Å². The molecular weight excluding hydrogens is 368 g/mol. The minimum atomic E-state index is -0.409. The number of likely N-dealkylation sites (tertiary alicyclic amines) is 1. The zero-order valence-corrected chi connectivity index (χ0v) is 16.4. The van der Waals surface area contributed by atoms with Crippen LogP contribution in [0.1, 0.15) is 32.6 Å². The summed E-state index contributed by atoms with van der Waals surface area (Å²) in [4.78, 5) is 14.7. The molecule has 1 saturated carbocycles. The van der Waals surface area contributed by atoms with E-state index in [4.69, 9.17) is 4.42 Å². The molecule has 1 aliphatic carbocycles. The molecule has 150 valence electrons. The lowest BCUT2D eigenvalue weighted by molar-refractivity contribution is -0.133. The molecule has 8 heteroatoms. The number of piperidine rings is 1. The van der Waals surface area contributed by atoms with Crippen molar-refractivity contribution in [3.8, 4) is 22.7 Å². The Labute approximate surface area is 168 Å². The number of nitrogens with zero attached hydrogens (tertiary/aromatic N) is 4. The van der Waals surface area contributed by atoms with E-state index in [1.807, 2.05) is 42.2 Å². The largest absolute Gasteiger partial charge is 0.403 e. The highest BCUT2D eigenvalue weighted by atomic mass is 16.4. The quantitative estimate of drug-likeness (QED) is 0.691. The Hall–Kier alpha value is -3.16. The van der Waals surface area contributed by atoms with Crippen molar-refractivity contribution in [2.24, 2.45) is 5.41 Å². The highest BCUT2D eigenvalue weighted by Crippen LogP contribution is 2.53. The molecule has 0 bridgehead atoms. The molecule has 1 atom stereocenters. The molecule has 1 aromatic carbocycles. The van der Waals surface area contributed by atoms with Crippen LogP contribution in [0.25, 0.3) is 22.7 Å². The molecule has 1 saturated heterocycles. The second-order valence-electron chi connectivity index (χ2n) is 8.15. The zero-order valence-electron chi connectivity index (χ0n) is 16.4. The summed E-state index contributed by atoms with van der Waals surface area (Å²) in [6.45, 7) is 3.53. The molecule has 3 heterocycles. The molecule has 2 fully saturated rings. The monoisotopic (exact) mass is 392 g/mol. The lowest BCUT2D eigenvalue weighted by Crippen LogP contribution is -2.45. The fourth-order valence-electron chi connectivity index (χ4n) is 4.03. The van der Waals surface area contributed by atoms with Gasteiger partial charge in [0.15, 0.2) is 0 Å². The van der Waals surface area contributed by atoms with Crippen LogP contribution >= 0.6 is 0 Å². The average molecular weight is 392 g/mol. The number of aromatic nitrogens is 4. The Morgan fingerprint density at radius 1 is 1.17 bits per heavy atom. The highest BCUT2D eigenvalue weighted by Gasteiger charge is 2.45. The average Bonchev–Trinajstić information content (AvgIpc) is 3.16. The minimum absolute atomic E-state index is 0.0847. The Balaban J connectivity index is 1.24. The van der Waals surface area contributed by atoms with Crippen LogP contribution in [0.15, 0.2) is 40.9 Å². The summed E-state index contributed by atoms with van der Waals surface area (Å²) < 4.78 is 5.76. The van der Waals surface area contributed by atoms with Gasteiger partial charge in [0.25, 0.3) is 0 Å². The van der Waals surface area contributed by atoms with E-state index in [9.17, 15) is 4.79 Å². The third-order valence-corrected chi connectivity index (χ3v) is 6.15. The van der Waals surface area contributed by atoms with Crippen LogP contribution < -0.4 is 5.32 Å². The minimum Gasteiger partial charge on any atom is -0.403 e. The molecule has 8 nitrogen and oxygen atoms in total. The Bertz CT molecular complexity index is 998. The van der Waals surface area contributed by atoms with Crippen LogP contribution in [0.5, 0.6) is 0 Å². The number of nitrogens with one attached hydrogen (secondary N) is 2. The van der Waals surface area contributed by atoms with E-state index in [-0.39, 0.29) is 11.9 Å². The number of hydrogen-bond donors (Lipinski definition) is 2. The molecule has 2 N–H and O–H groups in total. The molecule has 3 aromatic rings. The van der Waals surface area contributed by atoms with Crippen LogP contribution in [0.2, 0.25) is 0 Å². The maximum absolute atomic E-state index is 12.8. The van der Waals surface area contributed by atoms with E-state index >= 15 is 0 Å². The fourth-order valence-corrected chi connectivity index (χ4v) is 4.03. The third-order valence-electron chi connectivity index (χ3n) is 6.15. The Morgan fingerprint density at radius 3 is 2.69 bits per heavy atom. The van der Waals surface area contributed by atoms with Crippen molar-refractivity contribution in [2.45, 2.75) is 38.6 Å². The zero-order chi connectivity index (χ0) is 19.8. The molecular formula is C21H24N6O2. The van der Waals surface area contributed by atoms with Crippen LogP contribution in [0.3, 0.4) is 0 Å². The smallest absolute Gasteiger partial charge is 0.316 e. The van der Waals surface area contributed by atoms with Gasteiger partial charge in [-0.05, 0) is 56.2 Å². The first kappa shape index (κ1) is 17.9. The molecule has 2 aromatic heterocycles. The summed E-state index contributed by atoms with van der Waals surface area (Å²) in [6, 6.07) is 9.53. The third kappa shape index (κ3) is 3.62. The van der Waals surface area contributed by atoms with Gasteiger partial charge in [-0.15, -0.1) is 5.10 Å². The summed E-state index contributed by atoms with van der Waals surface area (Å²) >= 11 is 0. The van der Waals surface area contributed by atoms with Crippen molar-refractivity contribution in [2.75, 3.05) is 18.4 Å². The number of rotatable bonds is 5. The fraction of sp³-hybridized carbons (Fsp3) is 0.429. The van der Waals surface area contributed by atoms with Gasteiger partial charge in [-0.1, -0.05) is 17.2 Å². The van der Waals surface area contributed by atoms with Crippen molar-refractivity contribution >= 4 is 11.9 Å². The van der Waals surface area contributed by atoms with Gasteiger partial charge in [0.1, 0.15) is 6.04 Å². The van der Waals surface area contributed by atoms with Gasteiger partial charge in [0.2, 0.25) is 11.8 Å². The van der Waals surface area contributed by atoms with Crippen LogP contribution in [-0.2, 0) is 4.79 Å². The topological polar surface area (TPSA) is 99.9 Å². The number of carbonyl (C=O) groups is 1. The maximum atomic E-state index is 12.8. The number of amides is 1. The van der Waals surface area contributed by atoms with Gasteiger partial charge in [-0.25, -0.2) is 0 Å². The molecule has 1 amide bonds. The Morgan fingerprint density at radius 2 is 1.97 bits per heavy atom. The first-order valence-electron chi connectivity index (χ1n) is 10.1. The molecule has 0 radical (unpaired) electrons. The first-order valence-corrected chi connectivity index (χ1v) is 10.1. The van der Waals surface area contributed by atoms with Crippen molar-refractivity contribution in [1.82, 2.24) is 25.3 Å². The van der Waals surface area contributed by atoms with Crippen molar-refractivity contribution in [1.29, 1.82) is 0 Å². The summed E-state index contributed by atoms with van der Waals surface area (Å²) in [5, 5.41) is 18.2. The molecule has 1 aliphatic heterocycles. The van der Waals surface area contributed by atoms with E-state index in [2.05, 4.69) is 25.7 Å².